The molecule has 3 N–H and O–H groups in total. The number of fused-ring (bicyclic) bond motifs is 5. The van der Waals surface area contributed by atoms with Crippen molar-refractivity contribution >= 4 is 11.8 Å². The third-order valence-corrected chi connectivity index (χ3v) is 6.61. The lowest BCUT2D eigenvalue weighted by molar-refractivity contribution is 0.168. The van der Waals surface area contributed by atoms with Gasteiger partial charge < -0.3 is 16.0 Å². The summed E-state index contributed by atoms with van der Waals surface area (Å²) in [7, 11) is 2.28. The lowest BCUT2D eigenvalue weighted by Crippen LogP contribution is -2.44. The number of hydrogen-bond acceptors (Lipinski definition) is 5. The van der Waals surface area contributed by atoms with Gasteiger partial charge in [-0.15, -0.1) is 0 Å². The van der Waals surface area contributed by atoms with Gasteiger partial charge in [-0.25, -0.2) is 4.98 Å². The summed E-state index contributed by atoms with van der Waals surface area (Å²) in [4.78, 5) is 11.8. The number of benzene rings is 1. The fourth-order valence-electron chi connectivity index (χ4n) is 5.23. The Kier molecular flexibility index (Phi) is 3.85. The number of nitrogens with two attached hydrogens (primary N) is 1. The van der Waals surface area contributed by atoms with Crippen molar-refractivity contribution in [1.29, 1.82) is 0 Å². The number of nitrogen functional groups attached to an aromatic ring is 1. The van der Waals surface area contributed by atoms with Crippen LogP contribution in [0.3, 0.4) is 0 Å². The van der Waals surface area contributed by atoms with Crippen LogP contribution in [0.5, 0.6) is 0 Å². The summed E-state index contributed by atoms with van der Waals surface area (Å²) in [5.74, 6) is 1.34. The molecule has 1 aromatic carbocycles. The average Bonchev–Trinajstić information content (AvgIpc) is 2.82. The van der Waals surface area contributed by atoms with Gasteiger partial charge in [-0.05, 0) is 57.6 Å². The molecule has 5 heteroatoms. The maximum atomic E-state index is 6.11. The van der Waals surface area contributed by atoms with Gasteiger partial charge in [0.05, 0.1) is 5.69 Å². The van der Waals surface area contributed by atoms with Crippen molar-refractivity contribution in [2.24, 2.45) is 0 Å². The summed E-state index contributed by atoms with van der Waals surface area (Å²) in [5, 5.41) is 3.77. The molecule has 1 aliphatic carbocycles. The first-order chi connectivity index (χ1) is 12.7. The molecule has 0 amide bonds. The smallest absolute Gasteiger partial charge is 0.222 e. The van der Waals surface area contributed by atoms with Gasteiger partial charge in [0.2, 0.25) is 5.95 Å². The zero-order chi connectivity index (χ0) is 17.7. The number of piperidine rings is 1. The number of hydrogen-bond donors (Lipinski definition) is 2. The summed E-state index contributed by atoms with van der Waals surface area (Å²) in [6.45, 7) is 0. The maximum absolute atomic E-state index is 6.11. The van der Waals surface area contributed by atoms with E-state index >= 15 is 0 Å². The Labute approximate surface area is 155 Å². The molecule has 2 aromatic rings. The summed E-state index contributed by atoms with van der Waals surface area (Å²) in [6, 6.07) is 10.5. The summed E-state index contributed by atoms with van der Waals surface area (Å²) < 4.78 is 0. The number of aromatic nitrogens is 2. The highest BCUT2D eigenvalue weighted by Crippen LogP contribution is 2.38. The molecule has 2 fully saturated rings. The topological polar surface area (TPSA) is 67.1 Å². The number of aryl methyl sites for hydroxylation is 1. The van der Waals surface area contributed by atoms with Crippen molar-refractivity contribution in [3.63, 3.8) is 0 Å². The van der Waals surface area contributed by atoms with Gasteiger partial charge in [0.25, 0.3) is 0 Å². The van der Waals surface area contributed by atoms with E-state index in [0.29, 0.717) is 24.1 Å². The van der Waals surface area contributed by atoms with Crippen LogP contribution in [0, 0.1) is 0 Å². The summed E-state index contributed by atoms with van der Waals surface area (Å²) >= 11 is 0. The van der Waals surface area contributed by atoms with Crippen LogP contribution in [0.25, 0.3) is 11.3 Å². The fraction of sp³-hybridized carbons (Fsp3) is 0.524. The monoisotopic (exact) mass is 349 g/mol. The third-order valence-electron chi connectivity index (χ3n) is 6.61. The molecule has 5 nitrogen and oxygen atoms in total. The first-order valence-corrected chi connectivity index (χ1v) is 9.92. The molecule has 5 rings (SSSR count). The molecular weight excluding hydrogens is 322 g/mol. The van der Waals surface area contributed by atoms with Gasteiger partial charge in [-0.2, -0.15) is 4.98 Å². The average molecular weight is 349 g/mol. The lowest BCUT2D eigenvalue weighted by atomic mass is 9.97. The van der Waals surface area contributed by atoms with Crippen molar-refractivity contribution in [3.8, 4) is 11.3 Å². The lowest BCUT2D eigenvalue weighted by Gasteiger charge is -2.37. The quantitative estimate of drug-likeness (QED) is 0.871. The molecule has 2 bridgehead atoms. The van der Waals surface area contributed by atoms with E-state index in [9.17, 15) is 0 Å². The predicted octanol–water partition coefficient (Wildman–Crippen LogP) is 3.25. The normalized spacial score (nSPS) is 27.5. The summed E-state index contributed by atoms with van der Waals surface area (Å²) in [5.41, 5.74) is 11.0. The van der Waals surface area contributed by atoms with E-state index in [1.807, 2.05) is 0 Å². The molecule has 1 unspecified atom stereocenters. The zero-order valence-corrected chi connectivity index (χ0v) is 15.4. The first-order valence-electron chi connectivity index (χ1n) is 9.92. The van der Waals surface area contributed by atoms with Crippen LogP contribution in [-0.4, -0.2) is 40.0 Å². The minimum atomic E-state index is 0.374. The van der Waals surface area contributed by atoms with Crippen LogP contribution >= 0.6 is 0 Å². The Bertz CT molecular complexity index is 819. The molecule has 1 aromatic heterocycles. The van der Waals surface area contributed by atoms with Crippen molar-refractivity contribution in [2.75, 3.05) is 18.1 Å². The molecular formula is C21H27N5. The van der Waals surface area contributed by atoms with E-state index in [1.54, 1.807) is 0 Å². The Morgan fingerprint density at radius 3 is 2.65 bits per heavy atom. The largest absolute Gasteiger partial charge is 0.368 e. The van der Waals surface area contributed by atoms with Gasteiger partial charge in [0.15, 0.2) is 0 Å². The highest BCUT2D eigenvalue weighted by atomic mass is 15.2. The molecule has 0 saturated carbocycles. The van der Waals surface area contributed by atoms with Gasteiger partial charge in [0, 0.05) is 29.3 Å². The van der Waals surface area contributed by atoms with Gasteiger partial charge in [-0.3, -0.25) is 0 Å². The molecule has 0 spiro atoms. The second-order valence-corrected chi connectivity index (χ2v) is 8.13. The number of nitrogens with one attached hydrogen (secondary N) is 1. The molecule has 3 atom stereocenters. The predicted molar refractivity (Wildman–Crippen MR) is 105 cm³/mol. The van der Waals surface area contributed by atoms with Crippen LogP contribution in [0.15, 0.2) is 24.3 Å². The fourth-order valence-corrected chi connectivity index (χ4v) is 5.23. The Morgan fingerprint density at radius 2 is 1.85 bits per heavy atom. The molecule has 136 valence electrons. The van der Waals surface area contributed by atoms with Crippen LogP contribution in [0.4, 0.5) is 11.8 Å². The molecule has 3 heterocycles. The van der Waals surface area contributed by atoms with E-state index in [0.717, 1.165) is 30.8 Å². The van der Waals surface area contributed by atoms with Crippen molar-refractivity contribution < 1.29 is 0 Å². The maximum Gasteiger partial charge on any atom is 0.222 e. The molecule has 0 radical (unpaired) electrons. The van der Waals surface area contributed by atoms with Crippen molar-refractivity contribution in [1.82, 2.24) is 14.9 Å². The SMILES string of the molecule is CN1[C@@H]2CC[C@H]1CC(Nc1nc(N)nc3c1CCCc1ccccc1-3)C2. The molecule has 2 aliphatic heterocycles. The van der Waals surface area contributed by atoms with Crippen molar-refractivity contribution in [2.45, 2.75) is 63.1 Å². The van der Waals surface area contributed by atoms with Crippen LogP contribution < -0.4 is 11.1 Å². The Hall–Kier alpha value is -2.14. The van der Waals surface area contributed by atoms with Crippen LogP contribution in [0.2, 0.25) is 0 Å². The summed E-state index contributed by atoms with van der Waals surface area (Å²) in [6.07, 6.45) is 8.28. The number of anilines is 2. The Morgan fingerprint density at radius 1 is 1.08 bits per heavy atom. The van der Waals surface area contributed by atoms with Gasteiger partial charge in [-0.1, -0.05) is 24.3 Å². The van der Waals surface area contributed by atoms with E-state index in [1.165, 1.54) is 42.4 Å². The van der Waals surface area contributed by atoms with E-state index in [4.69, 9.17) is 5.73 Å². The second kappa shape index (κ2) is 6.23. The highest BCUT2D eigenvalue weighted by Gasteiger charge is 2.38. The number of nitrogens with zero attached hydrogens (tertiary/aromatic N) is 3. The standard InChI is InChI=1S/C21H27N5/c1-26-15-9-10-16(26)12-14(11-15)23-20-18-8-4-6-13-5-2-3-7-17(13)19(18)24-21(22)25-20/h2-3,5,7,14-16H,4,6,8-12H2,1H3,(H3,22,23,24,25)/t14?,15-,16+. The third kappa shape index (κ3) is 2.65. The van der Waals surface area contributed by atoms with E-state index in [2.05, 4.69) is 51.5 Å². The van der Waals surface area contributed by atoms with Crippen LogP contribution in [0.1, 0.15) is 43.2 Å². The highest BCUT2D eigenvalue weighted by molar-refractivity contribution is 5.73. The first kappa shape index (κ1) is 16.1. The van der Waals surface area contributed by atoms with Crippen molar-refractivity contribution in [3.05, 3.63) is 35.4 Å². The molecule has 26 heavy (non-hydrogen) atoms. The second-order valence-electron chi connectivity index (χ2n) is 8.13. The minimum absolute atomic E-state index is 0.374. The molecule has 2 saturated heterocycles. The van der Waals surface area contributed by atoms with E-state index < -0.39 is 0 Å². The van der Waals surface area contributed by atoms with Crippen LogP contribution in [-0.2, 0) is 12.8 Å². The molecule has 3 aliphatic rings. The number of rotatable bonds is 2. The van der Waals surface area contributed by atoms with Gasteiger partial charge in [0.1, 0.15) is 5.82 Å². The minimum Gasteiger partial charge on any atom is -0.368 e. The van der Waals surface area contributed by atoms with Gasteiger partial charge >= 0.3 is 0 Å². The Balaban J connectivity index is 1.50. The zero-order valence-electron chi connectivity index (χ0n) is 15.4. The van der Waals surface area contributed by atoms with E-state index in [-0.39, 0.29) is 0 Å².